The maximum atomic E-state index is 5.94. The van der Waals surface area contributed by atoms with Crippen LogP contribution >= 0.6 is 0 Å². The van der Waals surface area contributed by atoms with Crippen molar-refractivity contribution in [1.82, 2.24) is 5.32 Å². The number of likely N-dealkylation sites (N-methyl/N-ethyl adjacent to an activating group) is 1. The molecule has 0 heterocycles. The van der Waals surface area contributed by atoms with Crippen molar-refractivity contribution in [2.45, 2.75) is 47.1 Å². The van der Waals surface area contributed by atoms with Crippen molar-refractivity contribution in [2.75, 3.05) is 13.2 Å². The number of hydrogen-bond acceptors (Lipinski definition) is 2. The van der Waals surface area contributed by atoms with Gasteiger partial charge in [0.05, 0.1) is 0 Å². The molecule has 1 rings (SSSR count). The third-order valence-electron chi connectivity index (χ3n) is 3.42. The lowest BCUT2D eigenvalue weighted by atomic mass is 10.00. The second-order valence-corrected chi connectivity index (χ2v) is 5.18. The van der Waals surface area contributed by atoms with Crippen LogP contribution in [0.5, 0.6) is 5.75 Å². The Hall–Kier alpha value is -1.02. The molecule has 0 saturated heterocycles. The number of benzene rings is 1. The molecule has 2 nitrogen and oxygen atoms in total. The molecule has 0 aliphatic rings. The van der Waals surface area contributed by atoms with Crippen molar-refractivity contribution in [3.8, 4) is 5.75 Å². The summed E-state index contributed by atoms with van der Waals surface area (Å²) in [5.41, 5.74) is 2.52. The van der Waals surface area contributed by atoms with Crippen molar-refractivity contribution >= 4 is 0 Å². The van der Waals surface area contributed by atoms with Gasteiger partial charge < -0.3 is 10.1 Å². The molecular formula is C16H27NO. The van der Waals surface area contributed by atoms with Crippen LogP contribution in [0.1, 0.15) is 38.3 Å². The largest absolute Gasteiger partial charge is 0.492 e. The average molecular weight is 249 g/mol. The highest BCUT2D eigenvalue weighted by Crippen LogP contribution is 2.17. The van der Waals surface area contributed by atoms with Gasteiger partial charge >= 0.3 is 0 Å². The van der Waals surface area contributed by atoms with E-state index in [2.05, 4.69) is 58.1 Å². The predicted molar refractivity (Wildman–Crippen MR) is 78.3 cm³/mol. The van der Waals surface area contributed by atoms with E-state index in [1.165, 1.54) is 17.5 Å². The molecule has 0 aliphatic carbocycles. The van der Waals surface area contributed by atoms with Crippen LogP contribution in [0.3, 0.4) is 0 Å². The van der Waals surface area contributed by atoms with E-state index >= 15 is 0 Å². The molecule has 0 radical (unpaired) electrons. The zero-order chi connectivity index (χ0) is 13.5. The van der Waals surface area contributed by atoms with Crippen LogP contribution in [0.4, 0.5) is 0 Å². The Labute approximate surface area is 112 Å². The van der Waals surface area contributed by atoms with Gasteiger partial charge in [-0.05, 0) is 49.6 Å². The number of nitrogens with one attached hydrogen (secondary N) is 1. The molecule has 1 aromatic rings. The highest BCUT2D eigenvalue weighted by atomic mass is 16.5. The maximum Gasteiger partial charge on any atom is 0.119 e. The maximum absolute atomic E-state index is 5.94. The van der Waals surface area contributed by atoms with Crippen LogP contribution in [0.2, 0.25) is 0 Å². The van der Waals surface area contributed by atoms with Crippen LogP contribution < -0.4 is 10.1 Å². The second-order valence-electron chi connectivity index (χ2n) is 5.18. The Morgan fingerprint density at radius 2 is 1.72 bits per heavy atom. The average Bonchev–Trinajstić information content (AvgIpc) is 2.32. The first kappa shape index (κ1) is 15.0. The molecule has 0 saturated carbocycles. The van der Waals surface area contributed by atoms with Gasteiger partial charge in [-0.25, -0.2) is 0 Å². The summed E-state index contributed by atoms with van der Waals surface area (Å²) in [4.78, 5) is 0. The minimum absolute atomic E-state index is 0.431. The van der Waals surface area contributed by atoms with Gasteiger partial charge in [0, 0.05) is 6.04 Å². The summed E-state index contributed by atoms with van der Waals surface area (Å²) < 4.78 is 5.94. The van der Waals surface area contributed by atoms with E-state index in [1.54, 1.807) is 0 Å². The van der Waals surface area contributed by atoms with Crippen LogP contribution in [-0.2, 0) is 0 Å². The highest BCUT2D eigenvalue weighted by Gasteiger charge is 2.15. The summed E-state index contributed by atoms with van der Waals surface area (Å²) >= 11 is 0. The van der Waals surface area contributed by atoms with Crippen LogP contribution in [0, 0.1) is 19.8 Å². The third-order valence-corrected chi connectivity index (χ3v) is 3.42. The molecule has 0 aromatic heterocycles. The summed E-state index contributed by atoms with van der Waals surface area (Å²) in [5.74, 6) is 1.62. The van der Waals surface area contributed by atoms with Gasteiger partial charge in [-0.2, -0.15) is 0 Å². The van der Waals surface area contributed by atoms with Crippen molar-refractivity contribution in [3.05, 3.63) is 29.3 Å². The fraction of sp³-hybridized carbons (Fsp3) is 0.625. The fourth-order valence-corrected chi connectivity index (χ4v) is 2.17. The first-order chi connectivity index (χ1) is 8.56. The summed E-state index contributed by atoms with van der Waals surface area (Å²) in [5, 5.41) is 3.51. The number of hydrogen-bond donors (Lipinski definition) is 1. The van der Waals surface area contributed by atoms with Crippen molar-refractivity contribution < 1.29 is 4.74 Å². The van der Waals surface area contributed by atoms with Crippen LogP contribution in [0.15, 0.2) is 18.2 Å². The van der Waals surface area contributed by atoms with Crippen molar-refractivity contribution in [3.63, 3.8) is 0 Å². The van der Waals surface area contributed by atoms with Gasteiger partial charge in [-0.1, -0.05) is 33.3 Å². The smallest absolute Gasteiger partial charge is 0.119 e. The van der Waals surface area contributed by atoms with Gasteiger partial charge in [-0.3, -0.25) is 0 Å². The Bertz CT molecular complexity index is 342. The molecule has 18 heavy (non-hydrogen) atoms. The minimum Gasteiger partial charge on any atom is -0.492 e. The monoisotopic (exact) mass is 249 g/mol. The Kier molecular flexibility index (Phi) is 6.20. The molecule has 2 unspecified atom stereocenters. The lowest BCUT2D eigenvalue weighted by molar-refractivity contribution is 0.222. The zero-order valence-corrected chi connectivity index (χ0v) is 12.4. The van der Waals surface area contributed by atoms with Crippen LogP contribution in [0.25, 0.3) is 0 Å². The molecule has 1 N–H and O–H groups in total. The van der Waals surface area contributed by atoms with Gasteiger partial charge in [-0.15, -0.1) is 0 Å². The molecule has 0 bridgehead atoms. The van der Waals surface area contributed by atoms with Gasteiger partial charge in [0.1, 0.15) is 12.4 Å². The SMILES string of the molecule is CCNC(COc1cc(C)cc(C)c1)C(C)CC. The van der Waals surface area contributed by atoms with E-state index in [9.17, 15) is 0 Å². The standard InChI is InChI=1S/C16H27NO/c1-6-14(5)16(17-7-2)11-18-15-9-12(3)8-13(4)10-15/h8-10,14,16-17H,6-7,11H2,1-5H3. The van der Waals surface area contributed by atoms with E-state index in [0.717, 1.165) is 18.9 Å². The predicted octanol–water partition coefficient (Wildman–Crippen LogP) is 3.71. The molecule has 0 aliphatic heterocycles. The number of ether oxygens (including phenoxy) is 1. The minimum atomic E-state index is 0.431. The molecule has 2 heteroatoms. The first-order valence-corrected chi connectivity index (χ1v) is 7.01. The molecule has 102 valence electrons. The first-order valence-electron chi connectivity index (χ1n) is 7.01. The third kappa shape index (κ3) is 4.69. The quantitative estimate of drug-likeness (QED) is 0.795. The Morgan fingerprint density at radius 1 is 1.11 bits per heavy atom. The van der Waals surface area contributed by atoms with E-state index < -0.39 is 0 Å². The Balaban J connectivity index is 2.60. The topological polar surface area (TPSA) is 21.3 Å². The van der Waals surface area contributed by atoms with Crippen molar-refractivity contribution in [1.29, 1.82) is 0 Å². The Morgan fingerprint density at radius 3 is 2.22 bits per heavy atom. The van der Waals surface area contributed by atoms with E-state index in [-0.39, 0.29) is 0 Å². The zero-order valence-electron chi connectivity index (χ0n) is 12.4. The molecular weight excluding hydrogens is 222 g/mol. The van der Waals surface area contributed by atoms with Gasteiger partial charge in [0.2, 0.25) is 0 Å². The molecule has 0 amide bonds. The van der Waals surface area contributed by atoms with Gasteiger partial charge in [0.25, 0.3) is 0 Å². The molecule has 0 spiro atoms. The highest BCUT2D eigenvalue weighted by molar-refractivity contribution is 5.33. The number of aryl methyl sites for hydroxylation is 2. The fourth-order valence-electron chi connectivity index (χ4n) is 2.17. The molecule has 1 aromatic carbocycles. The van der Waals surface area contributed by atoms with E-state index in [0.29, 0.717) is 12.0 Å². The summed E-state index contributed by atoms with van der Waals surface area (Å²) in [7, 11) is 0. The van der Waals surface area contributed by atoms with Crippen LogP contribution in [-0.4, -0.2) is 19.2 Å². The summed E-state index contributed by atoms with van der Waals surface area (Å²) in [6, 6.07) is 6.81. The van der Waals surface area contributed by atoms with E-state index in [1.807, 2.05) is 0 Å². The molecule has 2 atom stereocenters. The van der Waals surface area contributed by atoms with E-state index in [4.69, 9.17) is 4.74 Å². The van der Waals surface area contributed by atoms with Gasteiger partial charge in [0.15, 0.2) is 0 Å². The molecule has 0 fully saturated rings. The number of rotatable bonds is 7. The second kappa shape index (κ2) is 7.42. The summed E-state index contributed by atoms with van der Waals surface area (Å²) in [6.07, 6.45) is 1.17. The summed E-state index contributed by atoms with van der Waals surface area (Å²) in [6.45, 7) is 12.6. The van der Waals surface area contributed by atoms with Crippen molar-refractivity contribution in [2.24, 2.45) is 5.92 Å². The lowest BCUT2D eigenvalue weighted by Gasteiger charge is -2.24. The lowest BCUT2D eigenvalue weighted by Crippen LogP contribution is -2.39. The normalized spacial score (nSPS) is 14.3.